The molecule has 0 aromatic heterocycles. The first-order valence-corrected chi connectivity index (χ1v) is 13.0. The molecule has 0 unspecified atom stereocenters. The van der Waals surface area contributed by atoms with Gasteiger partial charge in [0.1, 0.15) is 6.10 Å². The molecule has 1 rings (SSSR count). The van der Waals surface area contributed by atoms with E-state index in [1.807, 2.05) is 0 Å². The minimum atomic E-state index is -0.660. The molecule has 0 aliphatic carbocycles. The van der Waals surface area contributed by atoms with E-state index < -0.39 is 5.97 Å². The summed E-state index contributed by atoms with van der Waals surface area (Å²) in [4.78, 5) is 13.0. The number of ether oxygens (including phenoxy) is 1. The van der Waals surface area contributed by atoms with Crippen LogP contribution < -0.4 is 5.32 Å². The van der Waals surface area contributed by atoms with Crippen LogP contribution in [0.15, 0.2) is 86.7 Å². The molecular weight excluding hydrogens is 550 g/mol. The van der Waals surface area contributed by atoms with Crippen LogP contribution in [0.2, 0.25) is 0 Å². The third kappa shape index (κ3) is 19.5. The van der Waals surface area contributed by atoms with Crippen molar-refractivity contribution in [3.8, 4) is 94.7 Å². The Balaban J connectivity index is 3.34. The van der Waals surface area contributed by atoms with Gasteiger partial charge >= 0.3 is 5.97 Å². The number of piperidine rings is 1. The standard InChI is InChI=1S/C42H23NO2/c1-7-9-11-13-15-17-19-21-22-23-25-27-29-31-33-35-38(34-32-30-28-26-24-20-18-16-14-12-10-8-2)40(44)45-39-36-41(3,4)43-42(5,6)37-39/h39,43H,2,36-37H2,1,3-6H3. The highest BCUT2D eigenvalue weighted by Crippen LogP contribution is 2.30. The summed E-state index contributed by atoms with van der Waals surface area (Å²) in [6.45, 7) is 13.3. The summed E-state index contributed by atoms with van der Waals surface area (Å²) in [6, 6.07) is 0. The minimum absolute atomic E-state index is 0.0933. The zero-order chi connectivity index (χ0) is 33.1. The van der Waals surface area contributed by atoms with Crippen molar-refractivity contribution >= 4 is 5.97 Å². The predicted octanol–water partition coefficient (Wildman–Crippen LogP) is 4.46. The lowest BCUT2D eigenvalue weighted by Gasteiger charge is -2.45. The van der Waals surface area contributed by atoms with Crippen molar-refractivity contribution in [1.82, 2.24) is 5.32 Å². The van der Waals surface area contributed by atoms with Gasteiger partial charge in [-0.05, 0) is 199 Å². The van der Waals surface area contributed by atoms with Gasteiger partial charge in [0.05, 0.1) is 0 Å². The molecule has 1 heterocycles. The monoisotopic (exact) mass is 573 g/mol. The second-order valence-electron chi connectivity index (χ2n) is 9.51. The molecule has 0 atom stereocenters. The van der Waals surface area contributed by atoms with Crippen LogP contribution in [0.25, 0.3) is 0 Å². The van der Waals surface area contributed by atoms with E-state index in [1.54, 1.807) is 6.92 Å². The van der Waals surface area contributed by atoms with Crippen molar-refractivity contribution in [3.63, 3.8) is 0 Å². The van der Waals surface area contributed by atoms with Gasteiger partial charge in [-0.15, -0.1) is 0 Å². The van der Waals surface area contributed by atoms with E-state index in [4.69, 9.17) is 4.74 Å². The van der Waals surface area contributed by atoms with Crippen LogP contribution in [0.4, 0.5) is 0 Å². The lowest BCUT2D eigenvalue weighted by atomic mass is 9.81. The fraction of sp³-hybridized carbons (Fsp3) is 0.238. The molecule has 1 aliphatic heterocycles. The molecule has 0 radical (unpaired) electrons. The maximum atomic E-state index is 13.0. The Bertz CT molecular complexity index is 2250. The van der Waals surface area contributed by atoms with Crippen LogP contribution in [-0.2, 0) is 9.53 Å². The molecule has 0 spiro atoms. The van der Waals surface area contributed by atoms with Gasteiger partial charge < -0.3 is 10.1 Å². The van der Waals surface area contributed by atoms with Crippen molar-refractivity contribution in [3.05, 3.63) is 86.7 Å². The van der Waals surface area contributed by atoms with Crippen molar-refractivity contribution < 1.29 is 9.53 Å². The third-order valence-corrected chi connectivity index (χ3v) is 4.66. The highest BCUT2D eigenvalue weighted by Gasteiger charge is 2.39. The first-order valence-electron chi connectivity index (χ1n) is 13.0. The lowest BCUT2D eigenvalue weighted by Crippen LogP contribution is -2.59. The molecule has 208 valence electrons. The van der Waals surface area contributed by atoms with E-state index in [9.17, 15) is 4.79 Å². The third-order valence-electron chi connectivity index (χ3n) is 4.66. The summed E-state index contributed by atoms with van der Waals surface area (Å²) in [5, 5.41) is 3.55. The number of hydrogen-bond donors (Lipinski definition) is 1. The second-order valence-corrected chi connectivity index (χ2v) is 9.51. The largest absolute Gasteiger partial charge is 0.458 e. The van der Waals surface area contributed by atoms with Crippen LogP contribution in [0.5, 0.6) is 0 Å². The van der Waals surface area contributed by atoms with E-state index in [0.29, 0.717) is 12.8 Å². The minimum Gasteiger partial charge on any atom is -0.458 e. The van der Waals surface area contributed by atoms with Crippen LogP contribution in [0, 0.1) is 94.7 Å². The van der Waals surface area contributed by atoms with Crippen LogP contribution in [0.3, 0.4) is 0 Å². The summed E-state index contributed by atoms with van der Waals surface area (Å²) in [7, 11) is 0. The fourth-order valence-corrected chi connectivity index (χ4v) is 3.61. The van der Waals surface area contributed by atoms with Crippen LogP contribution in [-0.4, -0.2) is 23.2 Å². The second kappa shape index (κ2) is 21.5. The summed E-state index contributed by atoms with van der Waals surface area (Å²) >= 11 is 0. The van der Waals surface area contributed by atoms with Gasteiger partial charge in [-0.25, -0.2) is 4.79 Å². The Kier molecular flexibility index (Phi) is 17.1. The van der Waals surface area contributed by atoms with Gasteiger partial charge in [0.2, 0.25) is 0 Å². The van der Waals surface area contributed by atoms with Gasteiger partial charge in [-0.2, -0.15) is 0 Å². The maximum absolute atomic E-state index is 13.0. The molecule has 0 bridgehead atoms. The molecule has 45 heavy (non-hydrogen) atoms. The first kappa shape index (κ1) is 35.8. The van der Waals surface area contributed by atoms with E-state index in [-0.39, 0.29) is 22.8 Å². The molecule has 1 saturated heterocycles. The average molecular weight is 574 g/mol. The molecule has 3 heteroatoms. The molecule has 0 aromatic rings. The average Bonchev–Trinajstić information content (AvgIpc) is 2.96. The number of carbonyl (C=O) groups is 1. The van der Waals surface area contributed by atoms with Crippen molar-refractivity contribution in [1.29, 1.82) is 0 Å². The number of nitrogens with one attached hydrogen (secondary N) is 1. The van der Waals surface area contributed by atoms with E-state index >= 15 is 0 Å². The Morgan fingerprint density at radius 3 is 1.40 bits per heavy atom. The molecule has 3 nitrogen and oxygen atoms in total. The lowest BCUT2D eigenvalue weighted by molar-refractivity contribution is -0.147. The van der Waals surface area contributed by atoms with Gasteiger partial charge in [0.25, 0.3) is 0 Å². The zero-order valence-corrected chi connectivity index (χ0v) is 25.5. The van der Waals surface area contributed by atoms with Gasteiger partial charge in [0.15, 0.2) is 5.57 Å². The Morgan fingerprint density at radius 2 is 0.978 bits per heavy atom. The molecule has 1 fully saturated rings. The number of hydrogen-bond acceptors (Lipinski definition) is 3. The maximum Gasteiger partial charge on any atom is 0.355 e. The molecular formula is C42H23NO2. The van der Waals surface area contributed by atoms with E-state index in [1.165, 1.54) is 0 Å². The summed E-state index contributed by atoms with van der Waals surface area (Å²) in [5.41, 5.74) is 32.1. The highest BCUT2D eigenvalue weighted by molar-refractivity contribution is 5.93. The molecule has 0 aromatic carbocycles. The Hall–Kier alpha value is -7.21. The van der Waals surface area contributed by atoms with Crippen molar-refractivity contribution in [2.75, 3.05) is 0 Å². The van der Waals surface area contributed by atoms with Crippen molar-refractivity contribution in [2.24, 2.45) is 0 Å². The number of esters is 1. The quantitative estimate of drug-likeness (QED) is 0.230. The number of rotatable bonds is 2. The van der Waals surface area contributed by atoms with E-state index in [2.05, 4.69) is 209 Å². The topological polar surface area (TPSA) is 38.3 Å². The van der Waals surface area contributed by atoms with Gasteiger partial charge in [0, 0.05) is 23.9 Å². The zero-order valence-electron chi connectivity index (χ0n) is 25.5. The fourth-order valence-electron chi connectivity index (χ4n) is 3.61. The predicted molar refractivity (Wildman–Crippen MR) is 173 cm³/mol. The normalized spacial score (nSPS) is 11.0. The molecule has 0 saturated carbocycles. The number of carbonyl (C=O) groups excluding carboxylic acids is 1. The molecule has 1 aliphatic rings. The molecule has 1 N–H and O–H groups in total. The summed E-state index contributed by atoms with van der Waals surface area (Å²) in [6.07, 6.45) is 0.938. The van der Waals surface area contributed by atoms with Gasteiger partial charge in [-0.1, -0.05) is 11.7 Å². The molecule has 0 amide bonds. The highest BCUT2D eigenvalue weighted by atomic mass is 16.5. The van der Waals surface area contributed by atoms with E-state index in [0.717, 1.165) is 0 Å². The van der Waals surface area contributed by atoms with Crippen LogP contribution >= 0.6 is 0 Å². The van der Waals surface area contributed by atoms with Crippen LogP contribution in [0.1, 0.15) is 47.5 Å². The summed E-state index contributed by atoms with van der Waals surface area (Å²) < 4.78 is 5.78. The Morgan fingerprint density at radius 1 is 0.600 bits per heavy atom. The smallest absolute Gasteiger partial charge is 0.355 e. The summed E-state index contributed by atoms with van der Waals surface area (Å²) in [5.74, 6) is 40.0. The first-order chi connectivity index (χ1) is 21.7. The van der Waals surface area contributed by atoms with Crippen molar-refractivity contribution in [2.45, 2.75) is 64.6 Å². The Labute approximate surface area is 266 Å². The van der Waals surface area contributed by atoms with Gasteiger partial charge in [-0.3, -0.25) is 0 Å². The SMILES string of the molecule is C=C=C=C=C=C=C=C=C=C=C=C=C=C=C(C#CC#CC#CC#CC#CC#CC#CC#CC)C(=O)OC1CC(C)(C)NC(C)(C)C1.